The Hall–Kier alpha value is -4.07. The molecule has 0 saturated carbocycles. The summed E-state index contributed by atoms with van der Waals surface area (Å²) in [4.78, 5) is 44.8. The lowest BCUT2D eigenvalue weighted by atomic mass is 9.80. The molecule has 1 aliphatic rings. The van der Waals surface area contributed by atoms with Gasteiger partial charge in [0.1, 0.15) is 11.6 Å². The van der Waals surface area contributed by atoms with E-state index in [1.807, 2.05) is 13.0 Å². The quantitative estimate of drug-likeness (QED) is 0.226. The van der Waals surface area contributed by atoms with Crippen molar-refractivity contribution in [2.75, 3.05) is 26.8 Å². The molecule has 0 aromatic heterocycles. The number of nitrogens with zero attached hydrogens (tertiary/aromatic N) is 1. The van der Waals surface area contributed by atoms with Crippen LogP contribution in [0.4, 0.5) is 4.39 Å². The number of rotatable bonds is 13. The number of halogens is 1. The number of carboxylic acid groups (broad SMARTS) is 3. The molecule has 12 nitrogen and oxygen atoms in total. The van der Waals surface area contributed by atoms with Crippen LogP contribution in [0.5, 0.6) is 5.75 Å². The number of ether oxygens (including phenoxy) is 2. The van der Waals surface area contributed by atoms with Crippen molar-refractivity contribution in [2.24, 2.45) is 0 Å². The van der Waals surface area contributed by atoms with Gasteiger partial charge >= 0.3 is 17.9 Å². The SMILES string of the molecule is CCOCc1cc(CN2CCC(NC(C)=O)(c3ccc(F)cc3)CC2)ccc1OC.O=C(O)CC(O)(CC(=O)O)C(=O)O. The van der Waals surface area contributed by atoms with Crippen LogP contribution in [0.25, 0.3) is 0 Å². The van der Waals surface area contributed by atoms with Crippen LogP contribution in [0.2, 0.25) is 0 Å². The Morgan fingerprint density at radius 1 is 1.00 bits per heavy atom. The predicted molar refractivity (Wildman–Crippen MR) is 152 cm³/mol. The maximum absolute atomic E-state index is 13.4. The van der Waals surface area contributed by atoms with Gasteiger partial charge in [-0.15, -0.1) is 0 Å². The Morgan fingerprint density at radius 2 is 1.58 bits per heavy atom. The second-order valence-electron chi connectivity index (χ2n) is 10.3. The van der Waals surface area contributed by atoms with Crippen LogP contribution in [0.15, 0.2) is 42.5 Å². The number of hydrogen-bond donors (Lipinski definition) is 5. The molecule has 1 heterocycles. The van der Waals surface area contributed by atoms with Crippen molar-refractivity contribution in [1.29, 1.82) is 0 Å². The Morgan fingerprint density at radius 3 is 2.05 bits per heavy atom. The fourth-order valence-corrected chi connectivity index (χ4v) is 4.91. The number of nitrogens with one attached hydrogen (secondary N) is 1. The van der Waals surface area contributed by atoms with Gasteiger partial charge in [-0.3, -0.25) is 19.3 Å². The number of carboxylic acids is 3. The number of carbonyl (C=O) groups is 4. The lowest BCUT2D eigenvalue weighted by molar-refractivity contribution is -0.170. The first-order valence-corrected chi connectivity index (χ1v) is 13.6. The third-order valence-electron chi connectivity index (χ3n) is 7.02. The van der Waals surface area contributed by atoms with Crippen LogP contribution >= 0.6 is 0 Å². The minimum absolute atomic E-state index is 0.0662. The highest BCUT2D eigenvalue weighted by Gasteiger charge is 2.41. The molecule has 3 rings (SSSR count). The summed E-state index contributed by atoms with van der Waals surface area (Å²) >= 11 is 0. The summed E-state index contributed by atoms with van der Waals surface area (Å²) in [6.07, 6.45) is -0.733. The number of aliphatic hydroxyl groups is 1. The fraction of sp³-hybridized carbons (Fsp3) is 0.467. The monoisotopic (exact) mass is 606 g/mol. The van der Waals surface area contributed by atoms with Gasteiger partial charge in [0.05, 0.1) is 32.1 Å². The average Bonchev–Trinajstić information content (AvgIpc) is 2.92. The first-order chi connectivity index (χ1) is 20.2. The van der Waals surface area contributed by atoms with Gasteiger partial charge in [0.15, 0.2) is 5.60 Å². The van der Waals surface area contributed by atoms with Crippen LogP contribution in [0.3, 0.4) is 0 Å². The van der Waals surface area contributed by atoms with Gasteiger partial charge in [-0.1, -0.05) is 18.2 Å². The lowest BCUT2D eigenvalue weighted by Gasteiger charge is -2.42. The first-order valence-electron chi connectivity index (χ1n) is 13.6. The normalized spacial score (nSPS) is 14.6. The molecule has 0 atom stereocenters. The van der Waals surface area contributed by atoms with Crippen molar-refractivity contribution in [3.63, 3.8) is 0 Å². The number of amides is 1. The second kappa shape index (κ2) is 16.0. The molecule has 2 aromatic carbocycles. The number of benzene rings is 2. The Kier molecular flexibility index (Phi) is 13.0. The maximum Gasteiger partial charge on any atom is 0.336 e. The third kappa shape index (κ3) is 10.6. The zero-order valence-electron chi connectivity index (χ0n) is 24.5. The van der Waals surface area contributed by atoms with Crippen molar-refractivity contribution in [3.8, 4) is 5.75 Å². The summed E-state index contributed by atoms with van der Waals surface area (Å²) in [6.45, 7) is 7.21. The van der Waals surface area contributed by atoms with Gasteiger partial charge < -0.3 is 35.2 Å². The Balaban J connectivity index is 0.000000420. The fourth-order valence-electron chi connectivity index (χ4n) is 4.91. The molecule has 0 aliphatic carbocycles. The van der Waals surface area contributed by atoms with E-state index in [2.05, 4.69) is 22.3 Å². The number of carbonyl (C=O) groups excluding carboxylic acids is 1. The van der Waals surface area contributed by atoms with E-state index < -0.39 is 41.9 Å². The van der Waals surface area contributed by atoms with Crippen molar-refractivity contribution in [3.05, 3.63) is 65.0 Å². The van der Waals surface area contributed by atoms with Crippen LogP contribution in [0, 0.1) is 5.82 Å². The highest BCUT2D eigenvalue weighted by atomic mass is 19.1. The van der Waals surface area contributed by atoms with Crippen molar-refractivity contribution < 1.29 is 53.5 Å². The first kappa shape index (κ1) is 35.1. The van der Waals surface area contributed by atoms with E-state index >= 15 is 0 Å². The van der Waals surface area contributed by atoms with Crippen molar-refractivity contribution >= 4 is 23.8 Å². The molecule has 13 heteroatoms. The Bertz CT molecular complexity index is 1240. The van der Waals surface area contributed by atoms with E-state index in [9.17, 15) is 23.6 Å². The number of aliphatic carboxylic acids is 3. The highest BCUT2D eigenvalue weighted by Crippen LogP contribution is 2.34. The molecule has 2 aromatic rings. The minimum Gasteiger partial charge on any atom is -0.496 e. The van der Waals surface area contributed by atoms with Crippen LogP contribution in [0.1, 0.15) is 56.2 Å². The second-order valence-corrected chi connectivity index (χ2v) is 10.3. The summed E-state index contributed by atoms with van der Waals surface area (Å²) in [5, 5.41) is 37.0. The largest absolute Gasteiger partial charge is 0.496 e. The molecule has 1 saturated heterocycles. The molecule has 0 bridgehead atoms. The van der Waals surface area contributed by atoms with Crippen LogP contribution < -0.4 is 10.1 Å². The van der Waals surface area contributed by atoms with E-state index in [0.717, 1.165) is 49.4 Å². The molecule has 5 N–H and O–H groups in total. The van der Waals surface area contributed by atoms with Gasteiger partial charge in [0.25, 0.3) is 0 Å². The molecule has 0 radical (unpaired) electrons. The molecular formula is C30H39FN2O10. The standard InChI is InChI=1S/C24H31FN2O3.C6H8O7/c1-4-30-17-20-15-19(5-10-23(20)29-3)16-27-13-11-24(12-14-27,26-18(2)28)21-6-8-22(25)9-7-21;7-3(8)1-6(13,5(11)12)2-4(9)10/h5-10,15H,4,11-14,16-17H2,1-3H3,(H,26,28);13H,1-2H2,(H,7,8)(H,9,10)(H,11,12). The van der Waals surface area contributed by atoms with Gasteiger partial charge in [-0.2, -0.15) is 0 Å². The maximum atomic E-state index is 13.4. The summed E-state index contributed by atoms with van der Waals surface area (Å²) in [5.41, 5.74) is 0.0301. The summed E-state index contributed by atoms with van der Waals surface area (Å²) in [7, 11) is 1.67. The van der Waals surface area contributed by atoms with E-state index in [4.69, 9.17) is 29.9 Å². The van der Waals surface area contributed by atoms with Gasteiger partial charge in [0, 0.05) is 38.7 Å². The molecular weight excluding hydrogens is 567 g/mol. The van der Waals surface area contributed by atoms with E-state index in [1.54, 1.807) is 19.2 Å². The highest BCUT2D eigenvalue weighted by molar-refractivity contribution is 5.88. The number of piperidine rings is 1. The van der Waals surface area contributed by atoms with Gasteiger partial charge in [-0.25, -0.2) is 9.18 Å². The zero-order valence-corrected chi connectivity index (χ0v) is 24.5. The third-order valence-corrected chi connectivity index (χ3v) is 7.02. The molecule has 236 valence electrons. The number of likely N-dealkylation sites (tertiary alicyclic amines) is 1. The van der Waals surface area contributed by atoms with E-state index in [-0.39, 0.29) is 11.7 Å². The lowest BCUT2D eigenvalue weighted by Crippen LogP contribution is -2.52. The van der Waals surface area contributed by atoms with Crippen molar-refractivity contribution in [1.82, 2.24) is 10.2 Å². The Labute approximate surface area is 249 Å². The molecule has 43 heavy (non-hydrogen) atoms. The molecule has 0 spiro atoms. The topological polar surface area (TPSA) is 183 Å². The summed E-state index contributed by atoms with van der Waals surface area (Å²) in [5.74, 6) is -4.51. The molecule has 1 aliphatic heterocycles. The molecule has 1 fully saturated rings. The number of hydrogen-bond acceptors (Lipinski definition) is 8. The van der Waals surface area contributed by atoms with Crippen LogP contribution in [-0.2, 0) is 42.6 Å². The average molecular weight is 607 g/mol. The van der Waals surface area contributed by atoms with Gasteiger partial charge in [-0.05, 0) is 55.2 Å². The zero-order chi connectivity index (χ0) is 32.2. The van der Waals surface area contributed by atoms with E-state index in [1.165, 1.54) is 24.6 Å². The molecule has 0 unspecified atom stereocenters. The van der Waals surface area contributed by atoms with Crippen LogP contribution in [-0.4, -0.2) is 81.5 Å². The minimum atomic E-state index is -2.74. The summed E-state index contributed by atoms with van der Waals surface area (Å²) in [6, 6.07) is 12.7. The molecule has 1 amide bonds. The predicted octanol–water partition coefficient (Wildman–Crippen LogP) is 2.75. The van der Waals surface area contributed by atoms with Gasteiger partial charge in [0.2, 0.25) is 5.91 Å². The summed E-state index contributed by atoms with van der Waals surface area (Å²) < 4.78 is 24.4. The van der Waals surface area contributed by atoms with Crippen molar-refractivity contribution in [2.45, 2.75) is 63.8 Å². The smallest absolute Gasteiger partial charge is 0.336 e. The number of methoxy groups -OCH3 is 1. The van der Waals surface area contributed by atoms with E-state index in [0.29, 0.717) is 13.2 Å².